The topological polar surface area (TPSA) is 12.0 Å². The molecular weight excluding hydrogens is 206 g/mol. The molecule has 2 unspecified atom stereocenters. The maximum absolute atomic E-state index is 3.81. The number of hydrogen-bond donors (Lipinski definition) is 1. The number of rotatable bonds is 3. The number of benzene rings is 1. The predicted octanol–water partition coefficient (Wildman–Crippen LogP) is 3.03. The molecule has 1 saturated carbocycles. The first kappa shape index (κ1) is 10.1. The summed E-state index contributed by atoms with van der Waals surface area (Å²) in [4.78, 5) is 0. The summed E-state index contributed by atoms with van der Waals surface area (Å²) < 4.78 is 0. The zero-order valence-corrected chi connectivity index (χ0v) is 10.4. The van der Waals surface area contributed by atoms with E-state index in [1.54, 1.807) is 16.7 Å². The van der Waals surface area contributed by atoms with Crippen LogP contribution in [0.2, 0.25) is 0 Å². The highest BCUT2D eigenvalue weighted by atomic mass is 14.9. The van der Waals surface area contributed by atoms with Crippen LogP contribution in [-0.2, 0) is 12.8 Å². The summed E-state index contributed by atoms with van der Waals surface area (Å²) in [5, 5.41) is 3.81. The normalized spacial score (nSPS) is 30.4. The maximum Gasteiger partial charge on any atom is 0.0113 e. The fourth-order valence-electron chi connectivity index (χ4n) is 3.80. The molecule has 0 amide bonds. The van der Waals surface area contributed by atoms with E-state index in [1.165, 1.54) is 45.1 Å². The van der Waals surface area contributed by atoms with Crippen LogP contribution in [0.3, 0.4) is 0 Å². The quantitative estimate of drug-likeness (QED) is 0.837. The van der Waals surface area contributed by atoms with Crippen molar-refractivity contribution in [3.05, 3.63) is 34.9 Å². The van der Waals surface area contributed by atoms with Crippen LogP contribution in [0.25, 0.3) is 0 Å². The Morgan fingerprint density at radius 1 is 1.12 bits per heavy atom. The van der Waals surface area contributed by atoms with Gasteiger partial charge in [-0.05, 0) is 73.6 Å². The molecule has 1 aromatic rings. The van der Waals surface area contributed by atoms with Crippen LogP contribution < -0.4 is 5.32 Å². The standard InChI is InChI=1S/C16H21N/c1-2-12-6-7-14-9-15(17-10-11-4-5-11)8-13(3-1)16(12)14/h1-3,11,14-15,17H,4-10H2. The molecule has 3 aliphatic carbocycles. The van der Waals surface area contributed by atoms with Gasteiger partial charge >= 0.3 is 0 Å². The Bertz CT molecular complexity index is 433. The highest BCUT2D eigenvalue weighted by Crippen LogP contribution is 2.42. The summed E-state index contributed by atoms with van der Waals surface area (Å²) in [6, 6.07) is 7.72. The lowest BCUT2D eigenvalue weighted by Gasteiger charge is -2.30. The third-order valence-corrected chi connectivity index (χ3v) is 4.88. The second-order valence-electron chi connectivity index (χ2n) is 6.21. The monoisotopic (exact) mass is 227 g/mol. The third-order valence-electron chi connectivity index (χ3n) is 4.88. The number of hydrogen-bond acceptors (Lipinski definition) is 1. The average molecular weight is 227 g/mol. The minimum Gasteiger partial charge on any atom is -0.313 e. The Kier molecular flexibility index (Phi) is 2.29. The Morgan fingerprint density at radius 2 is 2.00 bits per heavy atom. The van der Waals surface area contributed by atoms with E-state index in [-0.39, 0.29) is 0 Å². The maximum atomic E-state index is 3.81. The summed E-state index contributed by atoms with van der Waals surface area (Å²) in [5.74, 6) is 1.87. The molecule has 1 N–H and O–H groups in total. The average Bonchev–Trinajstić information content (AvgIpc) is 3.10. The first-order valence-corrected chi connectivity index (χ1v) is 7.24. The van der Waals surface area contributed by atoms with E-state index in [0.29, 0.717) is 0 Å². The molecule has 0 bridgehead atoms. The van der Waals surface area contributed by atoms with Gasteiger partial charge in [-0.15, -0.1) is 0 Å². The summed E-state index contributed by atoms with van der Waals surface area (Å²) in [6.07, 6.45) is 8.30. The Balaban J connectivity index is 1.54. The molecule has 0 saturated heterocycles. The molecule has 0 radical (unpaired) electrons. The third kappa shape index (κ3) is 1.81. The van der Waals surface area contributed by atoms with Crippen molar-refractivity contribution in [2.75, 3.05) is 6.54 Å². The Morgan fingerprint density at radius 3 is 2.88 bits per heavy atom. The van der Waals surface area contributed by atoms with Gasteiger partial charge in [0.2, 0.25) is 0 Å². The molecule has 0 heterocycles. The summed E-state index contributed by atoms with van der Waals surface area (Å²) in [5.41, 5.74) is 5.02. The molecule has 1 nitrogen and oxygen atoms in total. The van der Waals surface area contributed by atoms with Crippen LogP contribution in [0.1, 0.15) is 48.3 Å². The molecule has 4 rings (SSSR count). The van der Waals surface area contributed by atoms with Crippen LogP contribution in [0.5, 0.6) is 0 Å². The van der Waals surface area contributed by atoms with E-state index in [9.17, 15) is 0 Å². The first-order chi connectivity index (χ1) is 8.40. The van der Waals surface area contributed by atoms with Crippen LogP contribution in [0, 0.1) is 5.92 Å². The molecule has 0 aromatic heterocycles. The van der Waals surface area contributed by atoms with Gasteiger partial charge in [0.25, 0.3) is 0 Å². The van der Waals surface area contributed by atoms with Gasteiger partial charge < -0.3 is 5.32 Å². The fraction of sp³-hybridized carbons (Fsp3) is 0.625. The lowest BCUT2D eigenvalue weighted by molar-refractivity contribution is 0.406. The lowest BCUT2D eigenvalue weighted by Crippen LogP contribution is -2.36. The zero-order valence-electron chi connectivity index (χ0n) is 10.4. The first-order valence-electron chi connectivity index (χ1n) is 7.24. The summed E-state index contributed by atoms with van der Waals surface area (Å²) in [6.45, 7) is 1.27. The molecule has 2 atom stereocenters. The van der Waals surface area contributed by atoms with Crippen LogP contribution >= 0.6 is 0 Å². The summed E-state index contributed by atoms with van der Waals surface area (Å²) >= 11 is 0. The highest BCUT2D eigenvalue weighted by Gasteiger charge is 2.33. The largest absolute Gasteiger partial charge is 0.313 e. The smallest absolute Gasteiger partial charge is 0.0113 e. The van der Waals surface area contributed by atoms with E-state index in [0.717, 1.165) is 17.9 Å². The van der Waals surface area contributed by atoms with Gasteiger partial charge in [-0.3, -0.25) is 0 Å². The molecule has 90 valence electrons. The fourth-order valence-corrected chi connectivity index (χ4v) is 3.80. The minimum absolute atomic E-state index is 0.751. The van der Waals surface area contributed by atoms with Gasteiger partial charge in [-0.25, -0.2) is 0 Å². The van der Waals surface area contributed by atoms with E-state index in [2.05, 4.69) is 23.5 Å². The number of nitrogens with one attached hydrogen (secondary N) is 1. The van der Waals surface area contributed by atoms with Crippen LogP contribution in [0.15, 0.2) is 18.2 Å². The van der Waals surface area contributed by atoms with Gasteiger partial charge in [0, 0.05) is 6.04 Å². The van der Waals surface area contributed by atoms with E-state index in [4.69, 9.17) is 0 Å². The predicted molar refractivity (Wildman–Crippen MR) is 70.3 cm³/mol. The van der Waals surface area contributed by atoms with Crippen molar-refractivity contribution in [3.63, 3.8) is 0 Å². The van der Waals surface area contributed by atoms with Gasteiger partial charge in [0.05, 0.1) is 0 Å². The van der Waals surface area contributed by atoms with Gasteiger partial charge in [0.1, 0.15) is 0 Å². The van der Waals surface area contributed by atoms with Crippen molar-refractivity contribution in [1.29, 1.82) is 0 Å². The second kappa shape index (κ2) is 3.84. The Labute approximate surface area is 104 Å². The molecule has 17 heavy (non-hydrogen) atoms. The number of aryl methyl sites for hydroxylation is 1. The van der Waals surface area contributed by atoms with Crippen molar-refractivity contribution in [2.45, 2.75) is 50.5 Å². The SMILES string of the molecule is c1cc2c3c(c1)CC(NCC1CC1)CC3CC2. The van der Waals surface area contributed by atoms with Crippen molar-refractivity contribution < 1.29 is 0 Å². The van der Waals surface area contributed by atoms with Gasteiger partial charge in [0.15, 0.2) is 0 Å². The van der Waals surface area contributed by atoms with E-state index >= 15 is 0 Å². The molecule has 0 spiro atoms. The highest BCUT2D eigenvalue weighted by molar-refractivity contribution is 5.44. The van der Waals surface area contributed by atoms with Gasteiger partial charge in [-0.1, -0.05) is 18.2 Å². The molecule has 3 aliphatic rings. The molecule has 1 aromatic carbocycles. The van der Waals surface area contributed by atoms with Crippen molar-refractivity contribution >= 4 is 0 Å². The van der Waals surface area contributed by atoms with Crippen molar-refractivity contribution in [2.24, 2.45) is 5.92 Å². The molecular formula is C16H21N. The Hall–Kier alpha value is -0.820. The molecule has 1 fully saturated rings. The van der Waals surface area contributed by atoms with Crippen LogP contribution in [0.4, 0.5) is 0 Å². The van der Waals surface area contributed by atoms with Crippen LogP contribution in [-0.4, -0.2) is 12.6 Å². The van der Waals surface area contributed by atoms with E-state index < -0.39 is 0 Å². The second-order valence-corrected chi connectivity index (χ2v) is 6.21. The van der Waals surface area contributed by atoms with Crippen molar-refractivity contribution in [3.8, 4) is 0 Å². The zero-order chi connectivity index (χ0) is 11.2. The van der Waals surface area contributed by atoms with Crippen molar-refractivity contribution in [1.82, 2.24) is 5.32 Å². The van der Waals surface area contributed by atoms with Gasteiger partial charge in [-0.2, -0.15) is 0 Å². The summed E-state index contributed by atoms with van der Waals surface area (Å²) in [7, 11) is 0. The lowest BCUT2D eigenvalue weighted by atomic mass is 9.81. The molecule has 0 aliphatic heterocycles. The minimum atomic E-state index is 0.751. The molecule has 1 heteroatoms. The van der Waals surface area contributed by atoms with E-state index in [1.807, 2.05) is 0 Å².